The molecule has 0 heterocycles. The first kappa shape index (κ1) is 20.8. The predicted octanol–water partition coefficient (Wildman–Crippen LogP) is 3.12. The fourth-order valence-corrected chi connectivity index (χ4v) is 3.08. The molecule has 0 fully saturated rings. The molecule has 0 radical (unpaired) electrons. The lowest BCUT2D eigenvalue weighted by Crippen LogP contribution is -2.38. The maximum atomic E-state index is 12.5. The second-order valence-electron chi connectivity index (χ2n) is 6.36. The Morgan fingerprint density at radius 1 is 1.11 bits per heavy atom. The normalized spacial score (nSPS) is 13.5. The van der Waals surface area contributed by atoms with Crippen LogP contribution in [0.4, 0.5) is 5.69 Å². The molecule has 1 amide bonds. The van der Waals surface area contributed by atoms with Crippen LogP contribution in [0.1, 0.15) is 31.9 Å². The van der Waals surface area contributed by atoms with Crippen LogP contribution in [0, 0.1) is 0 Å². The highest BCUT2D eigenvalue weighted by Gasteiger charge is 2.19. The minimum Gasteiger partial charge on any atom is -0.481 e. The third-order valence-corrected chi connectivity index (χ3v) is 5.51. The summed E-state index contributed by atoms with van der Waals surface area (Å²) in [5.41, 5.74) is 1.57. The number of hydrogen-bond donors (Lipinski definition) is 1. The average molecular weight is 391 g/mol. The SMILES string of the molecule is CC[C@@H](NC(=O)[C@@H](C)Oc1ccc(N(C)S(C)(=O)=O)cc1)c1ccccc1. The predicted molar refractivity (Wildman–Crippen MR) is 107 cm³/mol. The lowest BCUT2D eigenvalue weighted by atomic mass is 10.0. The number of ether oxygens (including phenoxy) is 1. The van der Waals surface area contributed by atoms with E-state index in [1.54, 1.807) is 31.2 Å². The maximum absolute atomic E-state index is 12.5. The van der Waals surface area contributed by atoms with Crippen molar-refractivity contribution in [2.45, 2.75) is 32.4 Å². The molecule has 27 heavy (non-hydrogen) atoms. The Labute approximate surface area is 161 Å². The van der Waals surface area contributed by atoms with E-state index in [2.05, 4.69) is 5.32 Å². The molecule has 146 valence electrons. The standard InChI is InChI=1S/C20H26N2O4S/c1-5-19(16-9-7-6-8-10-16)21-20(23)15(2)26-18-13-11-17(12-14-18)22(3)27(4,24)25/h6-15,19H,5H2,1-4H3,(H,21,23)/t15-,19-/m1/s1. The van der Waals surface area contributed by atoms with Crippen molar-refractivity contribution in [3.63, 3.8) is 0 Å². The Kier molecular flexibility index (Phi) is 6.85. The number of carbonyl (C=O) groups is 1. The highest BCUT2D eigenvalue weighted by Crippen LogP contribution is 2.21. The van der Waals surface area contributed by atoms with Crippen molar-refractivity contribution in [2.75, 3.05) is 17.6 Å². The fraction of sp³-hybridized carbons (Fsp3) is 0.350. The molecule has 2 atom stereocenters. The summed E-state index contributed by atoms with van der Waals surface area (Å²) < 4.78 is 30.0. The molecule has 0 aliphatic heterocycles. The maximum Gasteiger partial charge on any atom is 0.261 e. The Morgan fingerprint density at radius 2 is 1.70 bits per heavy atom. The molecule has 0 aliphatic rings. The van der Waals surface area contributed by atoms with E-state index in [1.807, 2.05) is 37.3 Å². The summed E-state index contributed by atoms with van der Waals surface area (Å²) in [6.07, 6.45) is 1.23. The van der Waals surface area contributed by atoms with E-state index in [1.165, 1.54) is 11.4 Å². The topological polar surface area (TPSA) is 75.7 Å². The van der Waals surface area contributed by atoms with E-state index >= 15 is 0 Å². The van der Waals surface area contributed by atoms with Crippen molar-refractivity contribution in [3.05, 3.63) is 60.2 Å². The summed E-state index contributed by atoms with van der Waals surface area (Å²) in [6.45, 7) is 3.70. The number of carbonyl (C=O) groups excluding carboxylic acids is 1. The summed E-state index contributed by atoms with van der Waals surface area (Å²) in [6, 6.07) is 16.3. The van der Waals surface area contributed by atoms with E-state index in [9.17, 15) is 13.2 Å². The zero-order chi connectivity index (χ0) is 20.0. The van der Waals surface area contributed by atoms with Crippen LogP contribution < -0.4 is 14.4 Å². The van der Waals surface area contributed by atoms with Gasteiger partial charge in [-0.1, -0.05) is 37.3 Å². The number of nitrogens with one attached hydrogen (secondary N) is 1. The number of nitrogens with zero attached hydrogens (tertiary/aromatic N) is 1. The van der Waals surface area contributed by atoms with Crippen molar-refractivity contribution < 1.29 is 17.9 Å². The van der Waals surface area contributed by atoms with Crippen molar-refractivity contribution in [2.24, 2.45) is 0 Å². The Morgan fingerprint density at radius 3 is 2.22 bits per heavy atom. The summed E-state index contributed by atoms with van der Waals surface area (Å²) in [7, 11) is -1.84. The number of hydrogen-bond acceptors (Lipinski definition) is 4. The van der Waals surface area contributed by atoms with Gasteiger partial charge < -0.3 is 10.1 Å². The van der Waals surface area contributed by atoms with E-state index in [0.29, 0.717) is 11.4 Å². The number of rotatable bonds is 8. The van der Waals surface area contributed by atoms with E-state index < -0.39 is 16.1 Å². The highest BCUT2D eigenvalue weighted by atomic mass is 32.2. The number of benzene rings is 2. The lowest BCUT2D eigenvalue weighted by Gasteiger charge is -2.21. The van der Waals surface area contributed by atoms with Gasteiger partial charge in [-0.2, -0.15) is 0 Å². The Bertz CT molecular complexity index is 851. The second kappa shape index (κ2) is 8.90. The Hall–Kier alpha value is -2.54. The first-order valence-electron chi connectivity index (χ1n) is 8.78. The van der Waals surface area contributed by atoms with Crippen LogP contribution in [-0.4, -0.2) is 33.7 Å². The molecule has 2 aromatic carbocycles. The molecule has 1 N–H and O–H groups in total. The van der Waals surface area contributed by atoms with E-state index in [0.717, 1.165) is 18.2 Å². The molecule has 0 aromatic heterocycles. The molecule has 2 rings (SSSR count). The molecule has 7 heteroatoms. The van der Waals surface area contributed by atoms with Crippen LogP contribution >= 0.6 is 0 Å². The van der Waals surface area contributed by atoms with E-state index in [-0.39, 0.29) is 11.9 Å². The molecule has 0 saturated heterocycles. The van der Waals surface area contributed by atoms with Gasteiger partial charge in [-0.15, -0.1) is 0 Å². The third kappa shape index (κ3) is 5.72. The minimum absolute atomic E-state index is 0.0736. The summed E-state index contributed by atoms with van der Waals surface area (Å²) in [4.78, 5) is 12.5. The van der Waals surface area contributed by atoms with Gasteiger partial charge in [0.15, 0.2) is 6.10 Å². The number of amides is 1. The van der Waals surface area contributed by atoms with Crippen molar-refractivity contribution in [3.8, 4) is 5.75 Å². The van der Waals surface area contributed by atoms with Crippen LogP contribution in [-0.2, 0) is 14.8 Å². The van der Waals surface area contributed by atoms with Gasteiger partial charge in [0, 0.05) is 7.05 Å². The van der Waals surface area contributed by atoms with Crippen molar-refractivity contribution >= 4 is 21.6 Å². The Balaban J connectivity index is 1.99. The minimum atomic E-state index is -3.32. The first-order valence-corrected chi connectivity index (χ1v) is 10.6. The molecular formula is C20H26N2O4S. The van der Waals surface area contributed by atoms with Gasteiger partial charge in [0.2, 0.25) is 10.0 Å². The number of sulfonamides is 1. The molecule has 0 bridgehead atoms. The van der Waals surface area contributed by atoms with Crippen LogP contribution in [0.2, 0.25) is 0 Å². The molecule has 0 unspecified atom stereocenters. The van der Waals surface area contributed by atoms with Crippen molar-refractivity contribution in [1.29, 1.82) is 0 Å². The van der Waals surface area contributed by atoms with Gasteiger partial charge in [-0.05, 0) is 43.2 Å². The molecular weight excluding hydrogens is 364 g/mol. The molecule has 0 aliphatic carbocycles. The zero-order valence-corrected chi connectivity index (χ0v) is 16.9. The van der Waals surface area contributed by atoms with Gasteiger partial charge in [-0.3, -0.25) is 9.10 Å². The summed E-state index contributed by atoms with van der Waals surface area (Å²) in [5.74, 6) is 0.291. The molecule has 2 aromatic rings. The van der Waals surface area contributed by atoms with Gasteiger partial charge >= 0.3 is 0 Å². The second-order valence-corrected chi connectivity index (χ2v) is 8.38. The van der Waals surface area contributed by atoms with Gasteiger partial charge in [0.25, 0.3) is 5.91 Å². The van der Waals surface area contributed by atoms with Gasteiger partial charge in [0.05, 0.1) is 18.0 Å². The summed E-state index contributed by atoms with van der Waals surface area (Å²) >= 11 is 0. The molecule has 0 saturated carbocycles. The summed E-state index contributed by atoms with van der Waals surface area (Å²) in [5, 5.41) is 3.00. The average Bonchev–Trinajstić information content (AvgIpc) is 2.65. The zero-order valence-electron chi connectivity index (χ0n) is 16.0. The lowest BCUT2D eigenvalue weighted by molar-refractivity contribution is -0.128. The van der Waals surface area contributed by atoms with Crippen LogP contribution in [0.3, 0.4) is 0 Å². The third-order valence-electron chi connectivity index (χ3n) is 4.31. The van der Waals surface area contributed by atoms with Crippen LogP contribution in [0.15, 0.2) is 54.6 Å². The van der Waals surface area contributed by atoms with Crippen LogP contribution in [0.5, 0.6) is 5.75 Å². The monoisotopic (exact) mass is 390 g/mol. The quantitative estimate of drug-likeness (QED) is 0.751. The van der Waals surface area contributed by atoms with Gasteiger partial charge in [-0.25, -0.2) is 8.42 Å². The molecule has 0 spiro atoms. The number of anilines is 1. The largest absolute Gasteiger partial charge is 0.481 e. The molecule has 6 nitrogen and oxygen atoms in total. The first-order chi connectivity index (χ1) is 12.7. The van der Waals surface area contributed by atoms with E-state index in [4.69, 9.17) is 4.74 Å². The van der Waals surface area contributed by atoms with Crippen LogP contribution in [0.25, 0.3) is 0 Å². The fourth-order valence-electron chi connectivity index (χ4n) is 2.58. The van der Waals surface area contributed by atoms with Gasteiger partial charge in [0.1, 0.15) is 5.75 Å². The van der Waals surface area contributed by atoms with Crippen molar-refractivity contribution in [1.82, 2.24) is 5.32 Å². The smallest absolute Gasteiger partial charge is 0.261 e. The highest BCUT2D eigenvalue weighted by molar-refractivity contribution is 7.92.